The number of nitrogens with zero attached hydrogens (tertiary/aromatic N) is 3. The van der Waals surface area contributed by atoms with Crippen LogP contribution in [0.3, 0.4) is 0 Å². The molecule has 0 radical (unpaired) electrons. The topological polar surface area (TPSA) is 70.6 Å². The molecule has 1 saturated heterocycles. The van der Waals surface area contributed by atoms with Crippen molar-refractivity contribution in [1.82, 2.24) is 14.2 Å². The van der Waals surface area contributed by atoms with Crippen molar-refractivity contribution < 1.29 is 13.2 Å². The maximum atomic E-state index is 13.5. The molecule has 2 heterocycles. The van der Waals surface area contributed by atoms with Crippen LogP contribution in [0.5, 0.6) is 0 Å². The van der Waals surface area contributed by atoms with Gasteiger partial charge in [-0.1, -0.05) is 63.2 Å². The zero-order valence-electron chi connectivity index (χ0n) is 19.0. The number of fused-ring (bicyclic) bond motifs is 1. The fraction of sp³-hybridized carbons (Fsp3) is 0.360. The van der Waals surface area contributed by atoms with E-state index in [2.05, 4.69) is 45.0 Å². The van der Waals surface area contributed by atoms with Crippen LogP contribution in [-0.4, -0.2) is 60.9 Å². The van der Waals surface area contributed by atoms with Gasteiger partial charge in [0.2, 0.25) is 10.0 Å². The average Bonchev–Trinajstić information content (AvgIpc) is 2.77. The smallest absolute Gasteiger partial charge is 0.254 e. The molecule has 0 N–H and O–H groups in total. The van der Waals surface area contributed by atoms with Crippen LogP contribution in [0.15, 0.2) is 54.6 Å². The largest absolute Gasteiger partial charge is 0.336 e. The zero-order chi connectivity index (χ0) is 23.1. The molecule has 0 aliphatic carbocycles. The molecule has 2 aromatic carbocycles. The highest BCUT2D eigenvalue weighted by Crippen LogP contribution is 2.29. The van der Waals surface area contributed by atoms with Crippen LogP contribution in [0.1, 0.15) is 36.7 Å². The highest BCUT2D eigenvalue weighted by molar-refractivity contribution is 7.88. The van der Waals surface area contributed by atoms with Crippen molar-refractivity contribution in [3.05, 3.63) is 65.7 Å². The molecule has 0 spiro atoms. The number of carbonyl (C=O) groups is 1. The van der Waals surface area contributed by atoms with E-state index in [1.165, 1.54) is 16.1 Å². The van der Waals surface area contributed by atoms with Crippen LogP contribution in [0.2, 0.25) is 0 Å². The first-order valence-corrected chi connectivity index (χ1v) is 12.6. The molecule has 3 aromatic rings. The minimum absolute atomic E-state index is 0.0601. The summed E-state index contributed by atoms with van der Waals surface area (Å²) in [7, 11) is -3.25. The number of hydrogen-bond donors (Lipinski definition) is 0. The van der Waals surface area contributed by atoms with E-state index in [-0.39, 0.29) is 11.3 Å². The first-order chi connectivity index (χ1) is 15.0. The molecule has 6 nitrogen and oxygen atoms in total. The Morgan fingerprint density at radius 1 is 0.938 bits per heavy atom. The Morgan fingerprint density at radius 2 is 1.56 bits per heavy atom. The molecule has 1 aliphatic heterocycles. The van der Waals surface area contributed by atoms with Gasteiger partial charge < -0.3 is 4.90 Å². The van der Waals surface area contributed by atoms with E-state index < -0.39 is 10.0 Å². The van der Waals surface area contributed by atoms with Crippen LogP contribution < -0.4 is 0 Å². The van der Waals surface area contributed by atoms with E-state index in [0.717, 1.165) is 22.2 Å². The van der Waals surface area contributed by atoms with Gasteiger partial charge in [-0.25, -0.2) is 13.4 Å². The summed E-state index contributed by atoms with van der Waals surface area (Å²) >= 11 is 0. The number of piperazine rings is 1. The number of hydrogen-bond acceptors (Lipinski definition) is 4. The highest BCUT2D eigenvalue weighted by Gasteiger charge is 2.28. The minimum atomic E-state index is -3.25. The van der Waals surface area contributed by atoms with Gasteiger partial charge in [0.25, 0.3) is 5.91 Å². The minimum Gasteiger partial charge on any atom is -0.336 e. The number of sulfonamides is 1. The first kappa shape index (κ1) is 22.4. The lowest BCUT2D eigenvalue weighted by Gasteiger charge is -2.33. The van der Waals surface area contributed by atoms with Crippen molar-refractivity contribution in [1.29, 1.82) is 0 Å². The van der Waals surface area contributed by atoms with Crippen molar-refractivity contribution in [2.24, 2.45) is 0 Å². The van der Waals surface area contributed by atoms with Gasteiger partial charge in [-0.3, -0.25) is 4.79 Å². The Balaban J connectivity index is 1.70. The van der Waals surface area contributed by atoms with Crippen LogP contribution in [0, 0.1) is 0 Å². The third-order valence-corrected chi connectivity index (χ3v) is 7.29. The maximum absolute atomic E-state index is 13.5. The van der Waals surface area contributed by atoms with E-state index in [0.29, 0.717) is 31.7 Å². The molecule has 7 heteroatoms. The van der Waals surface area contributed by atoms with Gasteiger partial charge in [0.15, 0.2) is 0 Å². The number of amides is 1. The van der Waals surface area contributed by atoms with E-state index in [9.17, 15) is 13.2 Å². The van der Waals surface area contributed by atoms with E-state index in [1.807, 2.05) is 30.3 Å². The average molecular weight is 452 g/mol. The number of pyridine rings is 1. The summed E-state index contributed by atoms with van der Waals surface area (Å²) in [6.45, 7) is 7.91. The monoisotopic (exact) mass is 451 g/mol. The zero-order valence-corrected chi connectivity index (χ0v) is 19.8. The van der Waals surface area contributed by atoms with Gasteiger partial charge in [0.1, 0.15) is 0 Å². The molecule has 1 amide bonds. The fourth-order valence-electron chi connectivity index (χ4n) is 4.03. The third kappa shape index (κ3) is 4.54. The highest BCUT2D eigenvalue weighted by atomic mass is 32.2. The standard InChI is InChI=1S/C25H29N3O3S/c1-25(2,3)19-11-9-18(10-12-19)23-17-21(20-7-5-6-8-22(20)26-23)24(29)27-13-15-28(16-14-27)32(4,30)31/h5-12,17H,13-16H2,1-4H3. The van der Waals surface area contributed by atoms with E-state index in [1.54, 1.807) is 4.90 Å². The van der Waals surface area contributed by atoms with Gasteiger partial charge in [0, 0.05) is 37.1 Å². The number of benzene rings is 2. The quantitative estimate of drug-likeness (QED) is 0.605. The second-order valence-corrected chi connectivity index (χ2v) is 11.3. The van der Waals surface area contributed by atoms with Crippen molar-refractivity contribution in [3.8, 4) is 11.3 Å². The lowest BCUT2D eigenvalue weighted by atomic mass is 9.86. The SMILES string of the molecule is CC(C)(C)c1ccc(-c2cc(C(=O)N3CCN(S(C)(=O)=O)CC3)c3ccccc3n2)cc1. The number of para-hydroxylation sites is 1. The summed E-state index contributed by atoms with van der Waals surface area (Å²) in [5, 5.41) is 0.804. The van der Waals surface area contributed by atoms with Gasteiger partial charge in [-0.05, 0) is 23.1 Å². The third-order valence-electron chi connectivity index (χ3n) is 5.99. The van der Waals surface area contributed by atoms with Gasteiger partial charge in [-0.2, -0.15) is 4.31 Å². The number of carbonyl (C=O) groups excluding carboxylic acids is 1. The van der Waals surface area contributed by atoms with Crippen LogP contribution in [0.25, 0.3) is 22.2 Å². The Bertz CT molecular complexity index is 1250. The molecule has 0 bridgehead atoms. The van der Waals surface area contributed by atoms with E-state index in [4.69, 9.17) is 4.98 Å². The van der Waals surface area contributed by atoms with Crippen LogP contribution in [-0.2, 0) is 15.4 Å². The molecular weight excluding hydrogens is 422 g/mol. The Labute approximate surface area is 189 Å². The predicted octanol–water partition coefficient (Wildman–Crippen LogP) is 3.92. The molecule has 168 valence electrons. The summed E-state index contributed by atoms with van der Waals surface area (Å²) in [6.07, 6.45) is 1.21. The Morgan fingerprint density at radius 3 is 2.16 bits per heavy atom. The lowest BCUT2D eigenvalue weighted by Crippen LogP contribution is -2.50. The van der Waals surface area contributed by atoms with Gasteiger partial charge >= 0.3 is 0 Å². The molecular formula is C25H29N3O3S. The molecule has 1 aromatic heterocycles. The number of aromatic nitrogens is 1. The molecule has 1 aliphatic rings. The fourth-order valence-corrected chi connectivity index (χ4v) is 4.86. The van der Waals surface area contributed by atoms with Crippen molar-refractivity contribution >= 4 is 26.8 Å². The van der Waals surface area contributed by atoms with Crippen molar-refractivity contribution in [2.75, 3.05) is 32.4 Å². The van der Waals surface area contributed by atoms with Gasteiger partial charge in [0.05, 0.1) is 23.0 Å². The summed E-state index contributed by atoms with van der Waals surface area (Å²) < 4.78 is 25.0. The Kier molecular flexibility index (Phi) is 5.81. The van der Waals surface area contributed by atoms with Crippen LogP contribution in [0.4, 0.5) is 0 Å². The molecule has 0 atom stereocenters. The second-order valence-electron chi connectivity index (χ2n) is 9.35. The summed E-state index contributed by atoms with van der Waals surface area (Å²) in [4.78, 5) is 20.0. The van der Waals surface area contributed by atoms with Gasteiger partial charge in [-0.15, -0.1) is 0 Å². The number of rotatable bonds is 3. The van der Waals surface area contributed by atoms with Crippen molar-refractivity contribution in [2.45, 2.75) is 26.2 Å². The molecule has 0 unspecified atom stereocenters. The molecule has 1 fully saturated rings. The summed E-state index contributed by atoms with van der Waals surface area (Å²) in [5.74, 6) is -0.0932. The summed E-state index contributed by atoms with van der Waals surface area (Å²) in [5.41, 5.74) is 4.37. The molecule has 4 rings (SSSR count). The normalized spacial score (nSPS) is 15.8. The molecule has 32 heavy (non-hydrogen) atoms. The maximum Gasteiger partial charge on any atom is 0.254 e. The predicted molar refractivity (Wildman–Crippen MR) is 128 cm³/mol. The lowest BCUT2D eigenvalue weighted by molar-refractivity contribution is 0.0700. The van der Waals surface area contributed by atoms with Crippen LogP contribution >= 0.6 is 0 Å². The van der Waals surface area contributed by atoms with Crippen molar-refractivity contribution in [3.63, 3.8) is 0 Å². The second kappa shape index (κ2) is 8.30. The molecule has 0 saturated carbocycles. The first-order valence-electron chi connectivity index (χ1n) is 10.8. The summed E-state index contributed by atoms with van der Waals surface area (Å²) in [6, 6.07) is 17.8. The Hall–Kier alpha value is -2.77. The van der Waals surface area contributed by atoms with E-state index >= 15 is 0 Å².